The van der Waals surface area contributed by atoms with Gasteiger partial charge in [-0.1, -0.05) is 6.42 Å². The number of nitrogens with one attached hydrogen (secondary N) is 5. The molecular weight excluding hydrogens is 464 g/mol. The van der Waals surface area contributed by atoms with Crippen LogP contribution in [0.2, 0.25) is 0 Å². The van der Waals surface area contributed by atoms with E-state index in [0.29, 0.717) is 25.1 Å². The van der Waals surface area contributed by atoms with Gasteiger partial charge in [0.05, 0.1) is 25.5 Å². The molecule has 0 saturated carbocycles. The Hall–Kier alpha value is -3.56. The summed E-state index contributed by atoms with van der Waals surface area (Å²) >= 11 is 0. The molecule has 0 bridgehead atoms. The molecule has 0 aromatic carbocycles. The van der Waals surface area contributed by atoms with Gasteiger partial charge >= 0.3 is 5.97 Å². The van der Waals surface area contributed by atoms with Crippen molar-refractivity contribution in [1.82, 2.24) is 31.2 Å². The summed E-state index contributed by atoms with van der Waals surface area (Å²) in [6.45, 7) is 0.603. The third-order valence-electron chi connectivity index (χ3n) is 4.91. The van der Waals surface area contributed by atoms with Crippen LogP contribution < -0.4 is 32.7 Å². The SMILES string of the molecule is C[C@H](NC(=O)CNC(=O)[C@@H](N)CCCCN)C(=O)N[C@@H](Cc1cnc[nH]1)C(=O)N[C@@H](CO)C(=O)O. The van der Waals surface area contributed by atoms with Crippen molar-refractivity contribution in [2.24, 2.45) is 11.5 Å². The van der Waals surface area contributed by atoms with Crippen LogP contribution in [0.4, 0.5) is 0 Å². The number of rotatable bonds is 16. The number of unbranched alkanes of at least 4 members (excludes halogenated alkanes) is 1. The number of nitrogens with zero attached hydrogens (tertiary/aromatic N) is 1. The van der Waals surface area contributed by atoms with E-state index < -0.39 is 66.9 Å². The smallest absolute Gasteiger partial charge is 0.328 e. The maximum absolute atomic E-state index is 12.6. The minimum absolute atomic E-state index is 0.0614. The number of imidazole rings is 1. The average Bonchev–Trinajstić information content (AvgIpc) is 3.33. The predicted octanol–water partition coefficient (Wildman–Crippen LogP) is -3.92. The molecule has 4 amide bonds. The molecule has 0 radical (unpaired) electrons. The second-order valence-corrected chi connectivity index (χ2v) is 7.82. The third kappa shape index (κ3) is 10.9. The van der Waals surface area contributed by atoms with Crippen molar-refractivity contribution < 1.29 is 34.2 Å². The molecule has 0 fully saturated rings. The number of carboxylic acids is 1. The first-order chi connectivity index (χ1) is 16.6. The van der Waals surface area contributed by atoms with E-state index in [4.69, 9.17) is 21.7 Å². The number of aliphatic hydroxyl groups is 1. The number of hydrogen-bond acceptors (Lipinski definition) is 9. The summed E-state index contributed by atoms with van der Waals surface area (Å²) in [5.41, 5.74) is 11.6. The first-order valence-electron chi connectivity index (χ1n) is 11.0. The molecule has 15 nitrogen and oxygen atoms in total. The number of nitrogens with two attached hydrogens (primary N) is 2. The summed E-state index contributed by atoms with van der Waals surface area (Å²) in [4.78, 5) is 66.9. The minimum atomic E-state index is -1.56. The zero-order valence-electron chi connectivity index (χ0n) is 19.5. The van der Waals surface area contributed by atoms with E-state index in [1.807, 2.05) is 0 Å². The fourth-order valence-corrected chi connectivity index (χ4v) is 2.88. The molecular formula is C20H34N8O7. The van der Waals surface area contributed by atoms with Crippen molar-refractivity contribution >= 4 is 29.6 Å². The molecule has 0 aliphatic rings. The summed E-state index contributed by atoms with van der Waals surface area (Å²) in [5, 5.41) is 27.5. The lowest BCUT2D eigenvalue weighted by Crippen LogP contribution is -2.57. The van der Waals surface area contributed by atoms with Gasteiger partial charge in [-0.15, -0.1) is 0 Å². The van der Waals surface area contributed by atoms with Gasteiger partial charge in [0.2, 0.25) is 23.6 Å². The Bertz CT molecular complexity index is 849. The Morgan fingerprint density at radius 3 is 2.31 bits per heavy atom. The number of carbonyl (C=O) groups is 5. The molecule has 1 aromatic heterocycles. The van der Waals surface area contributed by atoms with Crippen LogP contribution in [-0.2, 0) is 30.4 Å². The van der Waals surface area contributed by atoms with Gasteiger partial charge in [-0.05, 0) is 26.3 Å². The van der Waals surface area contributed by atoms with Crippen molar-refractivity contribution in [3.8, 4) is 0 Å². The van der Waals surface area contributed by atoms with Gasteiger partial charge in [-0.25, -0.2) is 9.78 Å². The molecule has 196 valence electrons. The summed E-state index contributed by atoms with van der Waals surface area (Å²) in [5.74, 6) is -4.21. The normalized spacial score (nSPS) is 14.2. The minimum Gasteiger partial charge on any atom is -0.480 e. The molecule has 0 aliphatic heterocycles. The van der Waals surface area contributed by atoms with Gasteiger partial charge < -0.3 is 47.9 Å². The zero-order chi connectivity index (χ0) is 26.4. The predicted molar refractivity (Wildman–Crippen MR) is 122 cm³/mol. The van der Waals surface area contributed by atoms with E-state index in [1.165, 1.54) is 19.4 Å². The topological polar surface area (TPSA) is 255 Å². The highest BCUT2D eigenvalue weighted by atomic mass is 16.4. The molecule has 0 aliphatic carbocycles. The monoisotopic (exact) mass is 498 g/mol. The first kappa shape index (κ1) is 29.5. The number of aromatic amines is 1. The van der Waals surface area contributed by atoms with Crippen LogP contribution in [0.3, 0.4) is 0 Å². The standard InChI is InChI=1S/C20H34N8O7/c1-11(26-16(30)8-24-18(32)13(22)4-2-3-5-21)17(31)27-14(6-12-7-23-10-25-12)19(33)28-15(9-29)20(34)35/h7,10-11,13-15,29H,2-6,8-9,21-22H2,1H3,(H,23,25)(H,24,32)(H,26,30)(H,27,31)(H,28,33)(H,34,35)/t11-,13-,14-,15-/m0/s1. The molecule has 35 heavy (non-hydrogen) atoms. The third-order valence-corrected chi connectivity index (χ3v) is 4.91. The van der Waals surface area contributed by atoms with Crippen LogP contribution in [-0.4, -0.2) is 93.6 Å². The highest BCUT2D eigenvalue weighted by molar-refractivity contribution is 5.94. The van der Waals surface area contributed by atoms with Crippen LogP contribution in [0.5, 0.6) is 0 Å². The van der Waals surface area contributed by atoms with E-state index >= 15 is 0 Å². The average molecular weight is 499 g/mol. The van der Waals surface area contributed by atoms with Gasteiger partial charge in [-0.3, -0.25) is 19.2 Å². The van der Waals surface area contributed by atoms with E-state index in [-0.39, 0.29) is 6.42 Å². The van der Waals surface area contributed by atoms with E-state index in [1.54, 1.807) is 0 Å². The highest BCUT2D eigenvalue weighted by Crippen LogP contribution is 2.01. The van der Waals surface area contributed by atoms with E-state index in [2.05, 4.69) is 31.2 Å². The summed E-state index contributed by atoms with van der Waals surface area (Å²) < 4.78 is 0. The van der Waals surface area contributed by atoms with Crippen LogP contribution in [0.25, 0.3) is 0 Å². The molecule has 0 spiro atoms. The number of hydrogen-bond donors (Lipinski definition) is 9. The van der Waals surface area contributed by atoms with Crippen molar-refractivity contribution in [2.75, 3.05) is 19.7 Å². The lowest BCUT2D eigenvalue weighted by Gasteiger charge is -2.22. The highest BCUT2D eigenvalue weighted by Gasteiger charge is 2.28. The van der Waals surface area contributed by atoms with Crippen molar-refractivity contribution in [2.45, 2.75) is 56.8 Å². The number of aliphatic carboxylic acids is 1. The molecule has 1 aromatic rings. The number of carbonyl (C=O) groups excluding carboxylic acids is 4. The van der Waals surface area contributed by atoms with Gasteiger partial charge in [0.1, 0.15) is 18.1 Å². The van der Waals surface area contributed by atoms with Crippen molar-refractivity contribution in [3.05, 3.63) is 18.2 Å². The largest absolute Gasteiger partial charge is 0.480 e. The molecule has 11 N–H and O–H groups in total. The Morgan fingerprint density at radius 1 is 1.06 bits per heavy atom. The van der Waals surface area contributed by atoms with E-state index in [0.717, 1.165) is 6.42 Å². The lowest BCUT2D eigenvalue weighted by atomic mass is 10.1. The number of carboxylic acid groups (broad SMARTS) is 1. The molecule has 1 rings (SSSR count). The second kappa shape index (κ2) is 15.4. The molecule has 1 heterocycles. The Morgan fingerprint density at radius 2 is 1.74 bits per heavy atom. The number of aromatic nitrogens is 2. The first-order valence-corrected chi connectivity index (χ1v) is 11.0. The van der Waals surface area contributed by atoms with Crippen LogP contribution in [0.1, 0.15) is 31.9 Å². The molecule has 0 unspecified atom stereocenters. The number of H-pyrrole nitrogens is 1. The van der Waals surface area contributed by atoms with Gasteiger partial charge in [0.25, 0.3) is 0 Å². The fraction of sp³-hybridized carbons (Fsp3) is 0.600. The Balaban J connectivity index is 2.65. The van der Waals surface area contributed by atoms with Crippen LogP contribution >= 0.6 is 0 Å². The summed E-state index contributed by atoms with van der Waals surface area (Å²) in [7, 11) is 0. The Labute approximate surface area is 201 Å². The second-order valence-electron chi connectivity index (χ2n) is 7.82. The number of aliphatic hydroxyl groups excluding tert-OH is 1. The van der Waals surface area contributed by atoms with Crippen molar-refractivity contribution in [1.29, 1.82) is 0 Å². The lowest BCUT2D eigenvalue weighted by molar-refractivity contribution is -0.143. The fourth-order valence-electron chi connectivity index (χ4n) is 2.88. The Kier molecular flexibility index (Phi) is 12.9. The summed E-state index contributed by atoms with van der Waals surface area (Å²) in [6, 6.07) is -4.68. The summed E-state index contributed by atoms with van der Waals surface area (Å²) in [6.07, 6.45) is 4.54. The van der Waals surface area contributed by atoms with Gasteiger partial charge in [0.15, 0.2) is 0 Å². The van der Waals surface area contributed by atoms with E-state index in [9.17, 15) is 24.0 Å². The maximum Gasteiger partial charge on any atom is 0.328 e. The van der Waals surface area contributed by atoms with Crippen LogP contribution in [0.15, 0.2) is 12.5 Å². The molecule has 4 atom stereocenters. The molecule has 0 saturated heterocycles. The quantitative estimate of drug-likeness (QED) is 0.1000. The van der Waals surface area contributed by atoms with Gasteiger partial charge in [-0.2, -0.15) is 0 Å². The van der Waals surface area contributed by atoms with Gasteiger partial charge in [0, 0.05) is 18.3 Å². The van der Waals surface area contributed by atoms with Crippen molar-refractivity contribution in [3.63, 3.8) is 0 Å². The zero-order valence-corrected chi connectivity index (χ0v) is 19.5. The van der Waals surface area contributed by atoms with Crippen LogP contribution in [0, 0.1) is 0 Å². The number of amides is 4. The maximum atomic E-state index is 12.6. The molecule has 15 heteroatoms.